The van der Waals surface area contributed by atoms with Crippen LogP contribution in [0, 0.1) is 0 Å². The third-order valence-corrected chi connectivity index (χ3v) is 6.68. The number of hydrogen-bond donors (Lipinski definition) is 2. The summed E-state index contributed by atoms with van der Waals surface area (Å²) in [5.74, 6) is 0.235. The maximum atomic E-state index is 12.8. The van der Waals surface area contributed by atoms with E-state index in [-0.39, 0.29) is 24.1 Å². The molecule has 13 heteroatoms. The van der Waals surface area contributed by atoms with Crippen molar-refractivity contribution in [2.45, 2.75) is 38.1 Å². The van der Waals surface area contributed by atoms with Crippen molar-refractivity contribution < 1.29 is 22.5 Å². The van der Waals surface area contributed by atoms with Crippen LogP contribution in [0.4, 0.5) is 0 Å². The van der Waals surface area contributed by atoms with E-state index in [0.29, 0.717) is 61.1 Å². The number of hydrogen-bond acceptors (Lipinski definition) is 8. The molecule has 1 unspecified atom stereocenters. The molecule has 3 rings (SSSR count). The lowest BCUT2D eigenvalue weighted by Gasteiger charge is -2.14. The molecule has 1 heterocycles. The minimum atomic E-state index is -3.60. The van der Waals surface area contributed by atoms with Crippen LogP contribution in [-0.2, 0) is 22.9 Å². The molecule has 0 aliphatic carbocycles. The fourth-order valence-corrected chi connectivity index (χ4v) is 4.50. The van der Waals surface area contributed by atoms with E-state index in [0.717, 1.165) is 17.4 Å². The summed E-state index contributed by atoms with van der Waals surface area (Å²) in [6.07, 6.45) is 3.53. The molecule has 37 heavy (non-hydrogen) atoms. The molecule has 3 N–H and O–H groups in total. The van der Waals surface area contributed by atoms with Crippen molar-refractivity contribution in [1.29, 1.82) is 0 Å². The first-order valence-electron chi connectivity index (χ1n) is 11.3. The number of Topliss-reactive ketones (excluding diaryl/α,β-unsaturated/α-hetero) is 1. The Bertz CT molecular complexity index is 1270. The van der Waals surface area contributed by atoms with Gasteiger partial charge in [-0.1, -0.05) is 53.0 Å². The molecule has 0 fully saturated rings. The molecular weight excluding hydrogens is 563 g/mol. The second-order valence-corrected chi connectivity index (χ2v) is 10.9. The van der Waals surface area contributed by atoms with Crippen molar-refractivity contribution in [2.75, 3.05) is 19.4 Å². The largest absolute Gasteiger partial charge is 0.493 e. The zero-order valence-corrected chi connectivity index (χ0v) is 23.3. The van der Waals surface area contributed by atoms with Gasteiger partial charge in [-0.15, -0.1) is 12.4 Å². The molecule has 0 saturated heterocycles. The summed E-state index contributed by atoms with van der Waals surface area (Å²) < 4.78 is 36.7. The molecule has 1 aromatic heterocycles. The van der Waals surface area contributed by atoms with Crippen LogP contribution in [0.25, 0.3) is 0 Å². The summed E-state index contributed by atoms with van der Waals surface area (Å²) in [5, 5.41) is 4.78. The Labute approximate surface area is 232 Å². The molecule has 0 spiro atoms. The van der Waals surface area contributed by atoms with Crippen LogP contribution in [0.3, 0.4) is 0 Å². The third kappa shape index (κ3) is 10.2. The molecule has 0 bridgehead atoms. The Hall–Kier alpha value is -2.21. The highest BCUT2D eigenvalue weighted by Crippen LogP contribution is 2.23. The van der Waals surface area contributed by atoms with E-state index in [2.05, 4.69) is 14.9 Å². The Balaban J connectivity index is 0.00000481. The van der Waals surface area contributed by atoms with Gasteiger partial charge >= 0.3 is 0 Å². The number of halogens is 3. The lowest BCUT2D eigenvalue weighted by molar-refractivity contribution is 0.0934. The van der Waals surface area contributed by atoms with Gasteiger partial charge in [0, 0.05) is 6.42 Å². The zero-order valence-electron chi connectivity index (χ0n) is 20.2. The molecule has 2 aromatic carbocycles. The number of benzene rings is 2. The fourth-order valence-electron chi connectivity index (χ4n) is 3.44. The standard InChI is InChI=1S/C24H28Cl2N4O5S.ClH/c1-36(32,33)30-21(4-2-3-12-27)23(31)24-28-22(35-29-24)15-16-5-8-18(9-6-16)34-13-11-17-7-10-19(25)20(26)14-17;/h5-10,14,21,30H,2-4,11-13,15,27H2,1H3;1H. The maximum absolute atomic E-state index is 12.8. The summed E-state index contributed by atoms with van der Waals surface area (Å²) >= 11 is 12.0. The van der Waals surface area contributed by atoms with Crippen LogP contribution in [0.2, 0.25) is 10.0 Å². The van der Waals surface area contributed by atoms with Crippen LogP contribution < -0.4 is 15.2 Å². The number of unbranched alkanes of at least 4 members (excludes halogenated alkanes) is 1. The molecule has 9 nitrogen and oxygen atoms in total. The van der Waals surface area contributed by atoms with Crippen molar-refractivity contribution in [3.63, 3.8) is 0 Å². The second kappa shape index (κ2) is 14.7. The molecule has 0 aliphatic heterocycles. The SMILES string of the molecule is CS(=O)(=O)NC(CCCCN)C(=O)c1noc(Cc2ccc(OCCc3ccc(Cl)c(Cl)c3)cc2)n1.Cl. The van der Waals surface area contributed by atoms with Gasteiger partial charge in [0.05, 0.1) is 35.4 Å². The van der Waals surface area contributed by atoms with Gasteiger partial charge in [0.2, 0.25) is 27.5 Å². The van der Waals surface area contributed by atoms with Crippen molar-refractivity contribution >= 4 is 51.4 Å². The highest BCUT2D eigenvalue weighted by atomic mass is 35.5. The van der Waals surface area contributed by atoms with E-state index < -0.39 is 21.8 Å². The minimum Gasteiger partial charge on any atom is -0.493 e. The Morgan fingerprint density at radius 3 is 2.46 bits per heavy atom. The molecule has 0 amide bonds. The highest BCUT2D eigenvalue weighted by Gasteiger charge is 2.27. The highest BCUT2D eigenvalue weighted by molar-refractivity contribution is 7.88. The van der Waals surface area contributed by atoms with Crippen molar-refractivity contribution in [3.8, 4) is 5.75 Å². The quantitative estimate of drug-likeness (QED) is 0.210. The van der Waals surface area contributed by atoms with Crippen molar-refractivity contribution in [2.24, 2.45) is 5.73 Å². The van der Waals surface area contributed by atoms with E-state index >= 15 is 0 Å². The van der Waals surface area contributed by atoms with Gasteiger partial charge in [0.15, 0.2) is 0 Å². The summed E-state index contributed by atoms with van der Waals surface area (Å²) in [6, 6.07) is 11.9. The molecule has 1 atom stereocenters. The molecule has 0 saturated carbocycles. The number of nitrogens with zero attached hydrogens (tertiary/aromatic N) is 2. The van der Waals surface area contributed by atoms with Crippen LogP contribution in [0.15, 0.2) is 47.0 Å². The normalized spacial score (nSPS) is 12.1. The Morgan fingerprint density at radius 1 is 1.11 bits per heavy atom. The van der Waals surface area contributed by atoms with Gasteiger partial charge in [-0.05, 0) is 54.8 Å². The first kappa shape index (κ1) is 31.0. The average molecular weight is 592 g/mol. The Morgan fingerprint density at radius 2 is 1.81 bits per heavy atom. The van der Waals surface area contributed by atoms with Gasteiger partial charge in [-0.2, -0.15) is 4.98 Å². The van der Waals surface area contributed by atoms with Crippen molar-refractivity contribution in [1.82, 2.24) is 14.9 Å². The summed E-state index contributed by atoms with van der Waals surface area (Å²) in [7, 11) is -3.60. The lowest BCUT2D eigenvalue weighted by atomic mass is 10.1. The van der Waals surface area contributed by atoms with Crippen molar-refractivity contribution in [3.05, 3.63) is 75.4 Å². The number of aromatic nitrogens is 2. The smallest absolute Gasteiger partial charge is 0.240 e. The summed E-state index contributed by atoms with van der Waals surface area (Å²) in [4.78, 5) is 17.0. The predicted octanol–water partition coefficient (Wildman–Crippen LogP) is 4.24. The van der Waals surface area contributed by atoms with Gasteiger partial charge in [0.1, 0.15) is 5.75 Å². The summed E-state index contributed by atoms with van der Waals surface area (Å²) in [5.41, 5.74) is 7.40. The van der Waals surface area contributed by atoms with E-state index in [1.165, 1.54) is 0 Å². The fraction of sp³-hybridized carbons (Fsp3) is 0.375. The summed E-state index contributed by atoms with van der Waals surface area (Å²) in [6.45, 7) is 0.924. The van der Waals surface area contributed by atoms with Crippen LogP contribution in [-0.4, -0.2) is 49.8 Å². The number of sulfonamides is 1. The van der Waals surface area contributed by atoms with Gasteiger partial charge in [-0.25, -0.2) is 13.1 Å². The minimum absolute atomic E-state index is 0. The first-order valence-corrected chi connectivity index (χ1v) is 14.0. The number of ketones is 1. The molecular formula is C24H29Cl3N4O5S. The van der Waals surface area contributed by atoms with Crippen LogP contribution >= 0.6 is 35.6 Å². The monoisotopic (exact) mass is 590 g/mol. The van der Waals surface area contributed by atoms with E-state index in [4.69, 9.17) is 38.2 Å². The topological polar surface area (TPSA) is 137 Å². The van der Waals surface area contributed by atoms with E-state index in [9.17, 15) is 13.2 Å². The number of rotatable bonds is 14. The lowest BCUT2D eigenvalue weighted by Crippen LogP contribution is -2.40. The van der Waals surface area contributed by atoms with Gasteiger partial charge < -0.3 is 15.0 Å². The molecule has 0 radical (unpaired) electrons. The molecule has 202 valence electrons. The molecule has 3 aromatic rings. The zero-order chi connectivity index (χ0) is 26.1. The van der Waals surface area contributed by atoms with Crippen LogP contribution in [0.5, 0.6) is 5.75 Å². The average Bonchev–Trinajstić information content (AvgIpc) is 3.29. The van der Waals surface area contributed by atoms with Crippen LogP contribution in [0.1, 0.15) is 46.9 Å². The number of ether oxygens (including phenoxy) is 1. The van der Waals surface area contributed by atoms with E-state index in [1.54, 1.807) is 6.07 Å². The molecule has 0 aliphatic rings. The number of carbonyl (C=O) groups is 1. The maximum Gasteiger partial charge on any atom is 0.240 e. The second-order valence-electron chi connectivity index (χ2n) is 8.27. The predicted molar refractivity (Wildman–Crippen MR) is 145 cm³/mol. The van der Waals surface area contributed by atoms with E-state index in [1.807, 2.05) is 36.4 Å². The number of nitrogens with two attached hydrogens (primary N) is 1. The number of nitrogens with one attached hydrogen (secondary N) is 1. The Kier molecular flexibility index (Phi) is 12.3. The third-order valence-electron chi connectivity index (χ3n) is 5.23. The van der Waals surface area contributed by atoms with Gasteiger partial charge in [-0.3, -0.25) is 4.79 Å². The number of carbonyl (C=O) groups excluding carboxylic acids is 1. The van der Waals surface area contributed by atoms with Gasteiger partial charge in [0.25, 0.3) is 0 Å². The first-order chi connectivity index (χ1) is 17.1.